The fourth-order valence-electron chi connectivity index (χ4n) is 1.74. The molecular formula is C12H20N4O6. The van der Waals surface area contributed by atoms with E-state index in [1.54, 1.807) is 24.3 Å². The third-order valence-electron chi connectivity index (χ3n) is 2.74. The SMILES string of the molecule is Nc1cc2c(cc1N)Oc1cc(N)c(N)cc1O2.O.O.O.O. The first-order valence-corrected chi connectivity index (χ1v) is 5.28. The van der Waals surface area contributed by atoms with Gasteiger partial charge in [0, 0.05) is 24.3 Å². The lowest BCUT2D eigenvalue weighted by Gasteiger charge is -2.22. The molecule has 0 amide bonds. The molecule has 0 bridgehead atoms. The molecule has 3 rings (SSSR count). The first kappa shape index (κ1) is 21.4. The van der Waals surface area contributed by atoms with Crippen LogP contribution in [0.2, 0.25) is 0 Å². The van der Waals surface area contributed by atoms with Crippen LogP contribution in [0.4, 0.5) is 22.7 Å². The number of hydrogen-bond donors (Lipinski definition) is 4. The van der Waals surface area contributed by atoms with Crippen LogP contribution in [-0.2, 0) is 0 Å². The Kier molecular flexibility index (Phi) is 6.99. The molecule has 2 aromatic rings. The Morgan fingerprint density at radius 3 is 0.818 bits per heavy atom. The molecule has 1 heterocycles. The van der Waals surface area contributed by atoms with Crippen molar-refractivity contribution in [2.75, 3.05) is 22.9 Å². The second kappa shape index (κ2) is 7.19. The van der Waals surface area contributed by atoms with Crippen molar-refractivity contribution in [1.29, 1.82) is 0 Å². The van der Waals surface area contributed by atoms with E-state index in [4.69, 9.17) is 32.4 Å². The van der Waals surface area contributed by atoms with E-state index in [9.17, 15) is 0 Å². The Morgan fingerprint density at radius 1 is 0.455 bits per heavy atom. The van der Waals surface area contributed by atoms with Gasteiger partial charge in [-0.25, -0.2) is 0 Å². The normalized spacial score (nSPS) is 9.82. The highest BCUT2D eigenvalue weighted by Crippen LogP contribution is 2.48. The zero-order chi connectivity index (χ0) is 12.9. The van der Waals surface area contributed by atoms with Crippen LogP contribution in [0.1, 0.15) is 0 Å². The van der Waals surface area contributed by atoms with E-state index in [1.165, 1.54) is 0 Å². The van der Waals surface area contributed by atoms with E-state index >= 15 is 0 Å². The molecule has 2 aromatic carbocycles. The minimum absolute atomic E-state index is 0. The minimum Gasteiger partial charge on any atom is -0.449 e. The Labute approximate surface area is 125 Å². The molecule has 10 heteroatoms. The van der Waals surface area contributed by atoms with Crippen LogP contribution in [0.3, 0.4) is 0 Å². The van der Waals surface area contributed by atoms with Gasteiger partial charge < -0.3 is 54.3 Å². The molecule has 0 fully saturated rings. The summed E-state index contributed by atoms with van der Waals surface area (Å²) >= 11 is 0. The van der Waals surface area contributed by atoms with Gasteiger partial charge in [-0.05, 0) is 0 Å². The summed E-state index contributed by atoms with van der Waals surface area (Å²) in [7, 11) is 0. The highest BCUT2D eigenvalue weighted by molar-refractivity contribution is 5.75. The Morgan fingerprint density at radius 2 is 0.636 bits per heavy atom. The zero-order valence-electron chi connectivity index (χ0n) is 11.4. The van der Waals surface area contributed by atoms with Crippen LogP contribution in [0.5, 0.6) is 23.0 Å². The minimum atomic E-state index is 0. The third-order valence-corrected chi connectivity index (χ3v) is 2.74. The van der Waals surface area contributed by atoms with Crippen LogP contribution in [0.15, 0.2) is 24.3 Å². The first-order valence-electron chi connectivity index (χ1n) is 5.28. The van der Waals surface area contributed by atoms with Crippen LogP contribution in [0, 0.1) is 0 Å². The summed E-state index contributed by atoms with van der Waals surface area (Å²) in [5.41, 5.74) is 24.6. The molecule has 0 saturated heterocycles. The van der Waals surface area contributed by atoms with Crippen molar-refractivity contribution >= 4 is 22.7 Å². The van der Waals surface area contributed by atoms with Crippen molar-refractivity contribution in [3.8, 4) is 23.0 Å². The van der Waals surface area contributed by atoms with E-state index in [0.29, 0.717) is 45.7 Å². The largest absolute Gasteiger partial charge is 0.449 e. The molecule has 0 atom stereocenters. The van der Waals surface area contributed by atoms with Crippen molar-refractivity contribution in [3.63, 3.8) is 0 Å². The lowest BCUT2D eigenvalue weighted by molar-refractivity contribution is 0.360. The van der Waals surface area contributed by atoms with Gasteiger partial charge in [-0.15, -0.1) is 0 Å². The summed E-state index contributed by atoms with van der Waals surface area (Å²) < 4.78 is 11.3. The van der Waals surface area contributed by atoms with Crippen LogP contribution < -0.4 is 32.4 Å². The topological polar surface area (TPSA) is 249 Å². The maximum absolute atomic E-state index is 5.71. The standard InChI is InChI=1S/C12H12N4O2.4H2O/c13-5-1-9-10(2-6(5)14)18-12-4-8(16)7(15)3-11(12)17-9;;;;/h1-4H,13-16H2;4*1H2. The van der Waals surface area contributed by atoms with Crippen LogP contribution in [0.25, 0.3) is 0 Å². The van der Waals surface area contributed by atoms with Crippen LogP contribution in [-0.4, -0.2) is 21.9 Å². The van der Waals surface area contributed by atoms with Gasteiger partial charge in [0.15, 0.2) is 23.0 Å². The van der Waals surface area contributed by atoms with Gasteiger partial charge in [0.2, 0.25) is 0 Å². The van der Waals surface area contributed by atoms with Gasteiger partial charge in [0.25, 0.3) is 0 Å². The molecule has 1 aliphatic heterocycles. The average Bonchev–Trinajstić information content (AvgIpc) is 2.31. The summed E-state index contributed by atoms with van der Waals surface area (Å²) in [6, 6.07) is 6.45. The summed E-state index contributed by atoms with van der Waals surface area (Å²) in [5.74, 6) is 1.99. The number of anilines is 4. The lowest BCUT2D eigenvalue weighted by Crippen LogP contribution is -2.04. The molecular weight excluding hydrogens is 296 g/mol. The molecule has 16 N–H and O–H groups in total. The summed E-state index contributed by atoms with van der Waals surface area (Å²) in [6.45, 7) is 0. The highest BCUT2D eigenvalue weighted by Gasteiger charge is 2.21. The number of ether oxygens (including phenoxy) is 2. The van der Waals surface area contributed by atoms with E-state index in [-0.39, 0.29) is 21.9 Å². The van der Waals surface area contributed by atoms with Crippen molar-refractivity contribution in [3.05, 3.63) is 24.3 Å². The molecule has 22 heavy (non-hydrogen) atoms. The van der Waals surface area contributed by atoms with Gasteiger partial charge in [-0.2, -0.15) is 0 Å². The molecule has 0 saturated carbocycles. The molecule has 0 aromatic heterocycles. The second-order valence-corrected chi connectivity index (χ2v) is 4.06. The summed E-state index contributed by atoms with van der Waals surface area (Å²) in [5, 5.41) is 0. The molecule has 0 aliphatic carbocycles. The highest BCUT2D eigenvalue weighted by atomic mass is 16.6. The van der Waals surface area contributed by atoms with Crippen molar-refractivity contribution in [2.24, 2.45) is 0 Å². The number of rotatable bonds is 0. The lowest BCUT2D eigenvalue weighted by atomic mass is 10.2. The quantitative estimate of drug-likeness (QED) is 0.363. The van der Waals surface area contributed by atoms with E-state index in [0.717, 1.165) is 0 Å². The molecule has 1 aliphatic rings. The van der Waals surface area contributed by atoms with Gasteiger partial charge in [-0.3, -0.25) is 0 Å². The van der Waals surface area contributed by atoms with Gasteiger partial charge in [-0.1, -0.05) is 0 Å². The smallest absolute Gasteiger partial charge is 0.172 e. The van der Waals surface area contributed by atoms with Gasteiger partial charge in [0.05, 0.1) is 22.7 Å². The Bertz CT molecular complexity index is 553. The number of hydrogen-bond acceptors (Lipinski definition) is 6. The third kappa shape index (κ3) is 3.21. The van der Waals surface area contributed by atoms with E-state index in [2.05, 4.69) is 0 Å². The Balaban J connectivity index is 0. The van der Waals surface area contributed by atoms with Crippen LogP contribution >= 0.6 is 0 Å². The van der Waals surface area contributed by atoms with Gasteiger partial charge >= 0.3 is 0 Å². The number of fused-ring (bicyclic) bond motifs is 2. The Hall–Kier alpha value is -2.92. The molecule has 0 unspecified atom stereocenters. The second-order valence-electron chi connectivity index (χ2n) is 4.06. The zero-order valence-corrected chi connectivity index (χ0v) is 11.4. The summed E-state index contributed by atoms with van der Waals surface area (Å²) in [6.07, 6.45) is 0. The predicted octanol–water partition coefficient (Wildman–Crippen LogP) is -1.39. The van der Waals surface area contributed by atoms with Crippen molar-refractivity contribution < 1.29 is 31.4 Å². The fraction of sp³-hybridized carbons (Fsp3) is 0. The van der Waals surface area contributed by atoms with Crippen molar-refractivity contribution in [2.45, 2.75) is 0 Å². The van der Waals surface area contributed by atoms with Crippen molar-refractivity contribution in [1.82, 2.24) is 0 Å². The number of nitrogens with two attached hydrogens (primary N) is 4. The monoisotopic (exact) mass is 316 g/mol. The molecule has 124 valence electrons. The number of benzene rings is 2. The molecule has 0 spiro atoms. The molecule has 10 nitrogen and oxygen atoms in total. The average molecular weight is 316 g/mol. The molecule has 0 radical (unpaired) electrons. The van der Waals surface area contributed by atoms with E-state index in [1.807, 2.05) is 0 Å². The predicted molar refractivity (Wildman–Crippen MR) is 85.1 cm³/mol. The maximum Gasteiger partial charge on any atom is 0.172 e. The first-order chi connectivity index (χ1) is 8.54. The maximum atomic E-state index is 5.71. The number of nitrogen functional groups attached to an aromatic ring is 4. The van der Waals surface area contributed by atoms with E-state index < -0.39 is 0 Å². The fourth-order valence-corrected chi connectivity index (χ4v) is 1.74. The van der Waals surface area contributed by atoms with Gasteiger partial charge in [0.1, 0.15) is 0 Å². The summed E-state index contributed by atoms with van der Waals surface area (Å²) in [4.78, 5) is 0.